The van der Waals surface area contributed by atoms with Crippen LogP contribution in [-0.4, -0.2) is 98.5 Å². The largest absolute Gasteiger partial charge is 0.436 e. The van der Waals surface area contributed by atoms with Crippen molar-refractivity contribution in [2.45, 2.75) is 69.1 Å². The van der Waals surface area contributed by atoms with Crippen LogP contribution < -0.4 is 21.1 Å². The van der Waals surface area contributed by atoms with E-state index < -0.39 is 51.7 Å². The first kappa shape index (κ1) is 28.3. The summed E-state index contributed by atoms with van der Waals surface area (Å²) in [5.41, 5.74) is 3.78. The molecule has 3 fully saturated rings. The van der Waals surface area contributed by atoms with Crippen molar-refractivity contribution in [3.63, 3.8) is 0 Å². The maximum absolute atomic E-state index is 13.5. The standard InChI is InChI=1S/C24H38N6O7S/c1-30(14-11-26-12-15-30)38(35,36)28-22(33)24-16-17(24)8-5-3-2-4-6-10-19(37-23(25)34)21(32)29-13-7-9-18(29)20(31)27-24/h5,8,17-19,26H,2-4,6-7,9-16H2,1H3,(H3-,25,27,28,31,33,34)/p+1/b8-5+. The Bertz CT molecular complexity index is 1090. The lowest BCUT2D eigenvalue weighted by atomic mass is 10.1. The zero-order chi connectivity index (χ0) is 27.6. The van der Waals surface area contributed by atoms with Gasteiger partial charge in [-0.05, 0) is 44.9 Å². The summed E-state index contributed by atoms with van der Waals surface area (Å²) in [4.78, 5) is 53.1. The summed E-state index contributed by atoms with van der Waals surface area (Å²) >= 11 is 0. The Labute approximate surface area is 223 Å². The van der Waals surface area contributed by atoms with E-state index in [1.807, 2.05) is 12.2 Å². The van der Waals surface area contributed by atoms with E-state index in [2.05, 4.69) is 15.4 Å². The van der Waals surface area contributed by atoms with Gasteiger partial charge in [0.2, 0.25) is 5.91 Å². The van der Waals surface area contributed by atoms with E-state index in [9.17, 15) is 27.6 Å². The number of primary amides is 1. The highest BCUT2D eigenvalue weighted by atomic mass is 32.2. The third kappa shape index (κ3) is 5.81. The molecule has 0 spiro atoms. The summed E-state index contributed by atoms with van der Waals surface area (Å²) in [6.45, 7) is 1.92. The number of hydrogen-bond donors (Lipinski definition) is 4. The third-order valence-corrected chi connectivity index (χ3v) is 10.1. The Morgan fingerprint density at radius 3 is 2.61 bits per heavy atom. The van der Waals surface area contributed by atoms with Gasteiger partial charge in [-0.1, -0.05) is 18.6 Å². The number of nitrogens with zero attached hydrogens (tertiary/aromatic N) is 2. The molecule has 5 N–H and O–H groups in total. The van der Waals surface area contributed by atoms with Crippen LogP contribution in [0.3, 0.4) is 0 Å². The van der Waals surface area contributed by atoms with Gasteiger partial charge >= 0.3 is 16.3 Å². The smallest absolute Gasteiger partial charge is 0.405 e. The van der Waals surface area contributed by atoms with Crippen molar-refractivity contribution in [3.05, 3.63) is 12.2 Å². The maximum atomic E-state index is 13.5. The molecule has 0 aromatic carbocycles. The molecule has 1 aliphatic carbocycles. The first-order valence-electron chi connectivity index (χ1n) is 13.4. The Hall–Kier alpha value is -2.71. The Morgan fingerprint density at radius 1 is 1.16 bits per heavy atom. The fraction of sp³-hybridized carbons (Fsp3) is 0.750. The van der Waals surface area contributed by atoms with Gasteiger partial charge in [0.25, 0.3) is 11.8 Å². The second kappa shape index (κ2) is 11.2. The van der Waals surface area contributed by atoms with Gasteiger partial charge in [-0.3, -0.25) is 14.4 Å². The summed E-state index contributed by atoms with van der Waals surface area (Å²) in [6, 6.07) is -0.865. The molecule has 0 radical (unpaired) electrons. The minimum atomic E-state index is -4.07. The monoisotopic (exact) mass is 555 g/mol. The minimum Gasteiger partial charge on any atom is -0.436 e. The maximum Gasteiger partial charge on any atom is 0.405 e. The van der Waals surface area contributed by atoms with Gasteiger partial charge in [-0.15, -0.1) is 0 Å². The quantitative estimate of drug-likeness (QED) is 0.259. The number of carbonyl (C=O) groups is 4. The molecule has 1 saturated carbocycles. The molecular weight excluding hydrogens is 516 g/mol. The zero-order valence-electron chi connectivity index (χ0n) is 21.8. The number of rotatable bonds is 4. The van der Waals surface area contributed by atoms with E-state index in [4.69, 9.17) is 10.5 Å². The topological polar surface area (TPSA) is 177 Å². The molecule has 3 aliphatic heterocycles. The first-order chi connectivity index (χ1) is 18.0. The molecular formula is C24H39N6O7S+. The van der Waals surface area contributed by atoms with Crippen molar-refractivity contribution < 1.29 is 36.2 Å². The second-order valence-electron chi connectivity index (χ2n) is 10.9. The summed E-state index contributed by atoms with van der Waals surface area (Å²) in [7, 11) is -2.50. The van der Waals surface area contributed by atoms with E-state index in [0.29, 0.717) is 64.8 Å². The van der Waals surface area contributed by atoms with Crippen molar-refractivity contribution in [3.8, 4) is 0 Å². The number of likely N-dealkylation sites (N-methyl/N-ethyl adjacent to an activating group) is 1. The lowest BCUT2D eigenvalue weighted by molar-refractivity contribution is -0.788. The highest BCUT2D eigenvalue weighted by molar-refractivity contribution is 7.84. The van der Waals surface area contributed by atoms with Crippen LogP contribution in [0.15, 0.2) is 12.2 Å². The van der Waals surface area contributed by atoms with Gasteiger partial charge in [0.1, 0.15) is 24.7 Å². The summed E-state index contributed by atoms with van der Waals surface area (Å²) < 4.78 is 33.5. The molecule has 4 aliphatic rings. The van der Waals surface area contributed by atoms with Crippen LogP contribution in [0.1, 0.15) is 51.4 Å². The van der Waals surface area contributed by atoms with Gasteiger partial charge in [0.05, 0.1) is 7.05 Å². The number of amides is 4. The number of hydrogen-bond acceptors (Lipinski definition) is 8. The molecule has 0 aromatic heterocycles. The van der Waals surface area contributed by atoms with E-state index in [0.717, 1.165) is 12.8 Å². The Balaban J connectivity index is 1.57. The van der Waals surface area contributed by atoms with Crippen LogP contribution in [0, 0.1) is 5.92 Å². The molecule has 4 unspecified atom stereocenters. The minimum absolute atomic E-state index is 0.260. The van der Waals surface area contributed by atoms with Gasteiger partial charge in [-0.2, -0.15) is 8.42 Å². The van der Waals surface area contributed by atoms with E-state index in [-0.39, 0.29) is 16.2 Å². The molecule has 38 heavy (non-hydrogen) atoms. The average Bonchev–Trinajstić information content (AvgIpc) is 3.32. The van der Waals surface area contributed by atoms with Crippen LogP contribution >= 0.6 is 0 Å². The van der Waals surface area contributed by atoms with E-state index in [1.165, 1.54) is 4.90 Å². The number of quaternary nitrogens is 1. The number of carbonyl (C=O) groups excluding carboxylic acids is 4. The number of nitrogens with two attached hydrogens (primary N) is 1. The average molecular weight is 556 g/mol. The Kier molecular flexibility index (Phi) is 8.33. The Morgan fingerprint density at radius 2 is 1.89 bits per heavy atom. The molecule has 4 atom stereocenters. The molecule has 0 aromatic rings. The van der Waals surface area contributed by atoms with Gasteiger partial charge in [-0.25, -0.2) is 13.4 Å². The van der Waals surface area contributed by atoms with Crippen molar-refractivity contribution in [1.82, 2.24) is 20.3 Å². The summed E-state index contributed by atoms with van der Waals surface area (Å²) in [5.74, 6) is -2.15. The molecule has 3 heterocycles. The lowest BCUT2D eigenvalue weighted by Gasteiger charge is -2.36. The number of allylic oxidation sites excluding steroid dienone is 1. The van der Waals surface area contributed by atoms with Crippen LogP contribution in [0.4, 0.5) is 4.79 Å². The van der Waals surface area contributed by atoms with Crippen LogP contribution in [0.5, 0.6) is 0 Å². The van der Waals surface area contributed by atoms with Crippen molar-refractivity contribution in [1.29, 1.82) is 0 Å². The fourth-order valence-corrected chi connectivity index (χ4v) is 6.90. The van der Waals surface area contributed by atoms with Crippen molar-refractivity contribution in [2.75, 3.05) is 39.8 Å². The van der Waals surface area contributed by atoms with Crippen LogP contribution in [0.2, 0.25) is 0 Å². The normalized spacial score (nSPS) is 33.0. The van der Waals surface area contributed by atoms with E-state index in [1.54, 1.807) is 7.05 Å². The molecule has 14 heteroatoms. The molecule has 2 saturated heterocycles. The SMILES string of the molecule is C[N+]1(S(=O)(=O)NC(=O)C23CC2/C=C/CCCCCC(OC(N)=O)C(=O)N2CCCC2C(=O)N3)CCNCC1. The van der Waals surface area contributed by atoms with Crippen LogP contribution in [-0.2, 0) is 29.3 Å². The fourth-order valence-electron chi connectivity index (χ4n) is 5.60. The molecule has 0 bridgehead atoms. The highest BCUT2D eigenvalue weighted by Gasteiger charge is 2.62. The number of nitrogens with one attached hydrogen (secondary N) is 3. The number of ether oxygens (including phenoxy) is 1. The van der Waals surface area contributed by atoms with Gasteiger partial charge in [0, 0.05) is 25.6 Å². The summed E-state index contributed by atoms with van der Waals surface area (Å²) in [5, 5.41) is 5.93. The van der Waals surface area contributed by atoms with Crippen LogP contribution in [0.25, 0.3) is 0 Å². The van der Waals surface area contributed by atoms with E-state index >= 15 is 0 Å². The van der Waals surface area contributed by atoms with Crippen molar-refractivity contribution in [2.24, 2.45) is 11.7 Å². The predicted octanol–water partition coefficient (Wildman–Crippen LogP) is -0.753. The molecule has 13 nitrogen and oxygen atoms in total. The first-order valence-corrected chi connectivity index (χ1v) is 14.8. The number of piperazine rings is 1. The summed E-state index contributed by atoms with van der Waals surface area (Å²) in [6.07, 6.45) is 6.13. The third-order valence-electron chi connectivity index (χ3n) is 8.17. The molecule has 4 amide bonds. The molecule has 4 rings (SSSR count). The van der Waals surface area contributed by atoms with Gasteiger partial charge in [0.15, 0.2) is 6.10 Å². The number of fused-ring (bicyclic) bond motifs is 2. The highest BCUT2D eigenvalue weighted by Crippen LogP contribution is 2.45. The predicted molar refractivity (Wildman–Crippen MR) is 136 cm³/mol. The van der Waals surface area contributed by atoms with Crippen molar-refractivity contribution >= 4 is 34.0 Å². The zero-order valence-corrected chi connectivity index (χ0v) is 22.6. The van der Waals surface area contributed by atoms with Gasteiger partial charge < -0.3 is 26.0 Å². The lowest BCUT2D eigenvalue weighted by Crippen LogP contribution is -2.65. The molecule has 212 valence electrons. The second-order valence-corrected chi connectivity index (χ2v) is 12.9.